The summed E-state index contributed by atoms with van der Waals surface area (Å²) < 4.78 is 86.4. The van der Waals surface area contributed by atoms with Crippen molar-refractivity contribution in [1.29, 1.82) is 0 Å². The van der Waals surface area contributed by atoms with E-state index in [1.165, 1.54) is 6.20 Å². The number of aromatic nitrogens is 5. The highest BCUT2D eigenvalue weighted by Gasteiger charge is 2.67. The lowest BCUT2D eigenvalue weighted by atomic mass is 9.95. The first kappa shape index (κ1) is 27.2. The predicted octanol–water partition coefficient (Wildman–Crippen LogP) is 6.35. The van der Waals surface area contributed by atoms with Crippen molar-refractivity contribution in [1.82, 2.24) is 30.3 Å². The Morgan fingerprint density at radius 1 is 1.12 bits per heavy atom. The van der Waals surface area contributed by atoms with Gasteiger partial charge in [-0.05, 0) is 60.2 Å². The smallest absolute Gasteiger partial charge is 0.295 e. The molecule has 5 aromatic rings. The monoisotopic (exact) mass is 596 g/mol. The van der Waals surface area contributed by atoms with Gasteiger partial charge in [0.2, 0.25) is 5.91 Å². The molecule has 0 bridgehead atoms. The molecular formula is C30H22F6N6O. The molecule has 2 N–H and O–H groups in total. The lowest BCUT2D eigenvalue weighted by Gasteiger charge is -2.22. The quantitative estimate of drug-likeness (QED) is 0.205. The lowest BCUT2D eigenvalue weighted by Crippen LogP contribution is -2.34. The molecule has 1 amide bonds. The number of H-pyrrole nitrogens is 1. The van der Waals surface area contributed by atoms with E-state index < -0.39 is 65.7 Å². The van der Waals surface area contributed by atoms with Crippen LogP contribution in [0.4, 0.5) is 26.3 Å². The number of aromatic amines is 1. The molecule has 0 spiro atoms. The first-order chi connectivity index (χ1) is 20.6. The highest BCUT2D eigenvalue weighted by atomic mass is 19.3. The Bertz CT molecular complexity index is 1860. The fourth-order valence-electron chi connectivity index (χ4n) is 6.15. The summed E-state index contributed by atoms with van der Waals surface area (Å²) in [5.74, 6) is -7.54. The van der Waals surface area contributed by atoms with Crippen LogP contribution in [0.5, 0.6) is 0 Å². The zero-order valence-electron chi connectivity index (χ0n) is 22.2. The summed E-state index contributed by atoms with van der Waals surface area (Å²) in [5, 5.41) is 14.2. The van der Waals surface area contributed by atoms with Gasteiger partial charge < -0.3 is 5.32 Å². The Balaban J connectivity index is 1.24. The first-order valence-electron chi connectivity index (χ1n) is 13.5. The molecule has 2 unspecified atom stereocenters. The predicted molar refractivity (Wildman–Crippen MR) is 142 cm³/mol. The van der Waals surface area contributed by atoms with Gasteiger partial charge in [0.15, 0.2) is 0 Å². The Morgan fingerprint density at radius 2 is 1.91 bits per heavy atom. The molecule has 13 heteroatoms. The number of hydrogen-bond donors (Lipinski definition) is 2. The van der Waals surface area contributed by atoms with Crippen molar-refractivity contribution in [3.8, 4) is 11.1 Å². The summed E-state index contributed by atoms with van der Waals surface area (Å²) in [6, 6.07) is 10.9. The number of rotatable bonds is 8. The van der Waals surface area contributed by atoms with E-state index in [4.69, 9.17) is 0 Å². The molecule has 3 heterocycles. The SMILES string of the molecule is O=C(Cn1nc2c(c1C(F)F)C1CC1C2(F)F)N[C@@H](Cc1cc(F)cc(F)c1)c1ncccc1-c1ccc2[nH]ncc2c1. The number of carbonyl (C=O) groups is 1. The van der Waals surface area contributed by atoms with Crippen molar-refractivity contribution in [2.75, 3.05) is 0 Å². The minimum absolute atomic E-state index is 0.0942. The number of nitrogens with zero attached hydrogens (tertiary/aromatic N) is 4. The largest absolute Gasteiger partial charge is 0.346 e. The molecule has 1 fully saturated rings. The molecular weight excluding hydrogens is 574 g/mol. The molecule has 0 saturated heterocycles. The number of pyridine rings is 1. The van der Waals surface area contributed by atoms with E-state index in [9.17, 15) is 31.1 Å². The minimum atomic E-state index is -3.34. The summed E-state index contributed by atoms with van der Waals surface area (Å²) in [7, 11) is 0. The van der Waals surface area contributed by atoms with Gasteiger partial charge in [-0.3, -0.25) is 19.6 Å². The third kappa shape index (κ3) is 4.72. The number of hydrogen-bond acceptors (Lipinski definition) is 4. The van der Waals surface area contributed by atoms with Crippen LogP contribution in [0.1, 0.15) is 53.0 Å². The van der Waals surface area contributed by atoms with Crippen molar-refractivity contribution < 1.29 is 31.1 Å². The maximum absolute atomic E-state index is 14.7. The van der Waals surface area contributed by atoms with Crippen molar-refractivity contribution in [3.63, 3.8) is 0 Å². The third-order valence-electron chi connectivity index (χ3n) is 8.09. The zero-order valence-corrected chi connectivity index (χ0v) is 22.2. The average Bonchev–Trinajstić information content (AvgIpc) is 3.37. The molecule has 2 aliphatic rings. The fourth-order valence-corrected chi connectivity index (χ4v) is 6.15. The van der Waals surface area contributed by atoms with Crippen LogP contribution in [-0.2, 0) is 23.7 Å². The molecule has 2 aliphatic carbocycles. The number of benzene rings is 2. The van der Waals surface area contributed by atoms with Gasteiger partial charge >= 0.3 is 0 Å². The van der Waals surface area contributed by atoms with E-state index in [1.807, 2.05) is 18.2 Å². The van der Waals surface area contributed by atoms with Crippen molar-refractivity contribution in [2.24, 2.45) is 5.92 Å². The molecule has 3 atom stereocenters. The number of halogens is 6. The summed E-state index contributed by atoms with van der Waals surface area (Å²) in [6.45, 7) is -0.767. The fraction of sp³-hybridized carbons (Fsp3) is 0.267. The van der Waals surface area contributed by atoms with Gasteiger partial charge in [0.05, 0.1) is 23.4 Å². The number of amides is 1. The van der Waals surface area contributed by atoms with E-state index in [0.717, 1.165) is 23.0 Å². The summed E-state index contributed by atoms with van der Waals surface area (Å²) >= 11 is 0. The maximum atomic E-state index is 14.7. The van der Waals surface area contributed by atoms with Gasteiger partial charge in [-0.15, -0.1) is 0 Å². The van der Waals surface area contributed by atoms with Crippen LogP contribution in [0.2, 0.25) is 0 Å². The van der Waals surface area contributed by atoms with E-state index >= 15 is 0 Å². The Kier molecular flexibility index (Phi) is 6.29. The normalized spacial score (nSPS) is 19.0. The highest BCUT2D eigenvalue weighted by molar-refractivity contribution is 5.85. The van der Waals surface area contributed by atoms with Crippen molar-refractivity contribution >= 4 is 16.8 Å². The van der Waals surface area contributed by atoms with Crippen LogP contribution in [0.25, 0.3) is 22.0 Å². The number of carbonyl (C=O) groups excluding carboxylic acids is 1. The van der Waals surface area contributed by atoms with Crippen LogP contribution >= 0.6 is 0 Å². The Morgan fingerprint density at radius 3 is 2.67 bits per heavy atom. The van der Waals surface area contributed by atoms with Crippen LogP contribution in [0.3, 0.4) is 0 Å². The number of nitrogens with one attached hydrogen (secondary N) is 2. The van der Waals surface area contributed by atoms with Gasteiger partial charge in [0.25, 0.3) is 12.3 Å². The van der Waals surface area contributed by atoms with E-state index in [1.54, 1.807) is 18.3 Å². The van der Waals surface area contributed by atoms with Gasteiger partial charge in [0.1, 0.15) is 29.6 Å². The molecule has 0 aliphatic heterocycles. The third-order valence-corrected chi connectivity index (χ3v) is 8.09. The average molecular weight is 597 g/mol. The standard InChI is InChI=1S/C30H22F6N6O/c31-17-6-14(7-18(32)10-17)8-23(26-19(2-1-5-37-26)15-3-4-22-16(9-15)12-38-40-22)39-24(43)13-42-27(29(33)34)25-20-11-21(20)30(35,36)28(25)41-42/h1-7,9-10,12,20-21,23,29H,8,11,13H2,(H,38,40)(H,39,43)/t20?,21?,23-/m0/s1. The topological polar surface area (TPSA) is 88.5 Å². The van der Waals surface area contributed by atoms with Crippen molar-refractivity contribution in [3.05, 3.63) is 101 Å². The first-order valence-corrected chi connectivity index (χ1v) is 13.5. The maximum Gasteiger partial charge on any atom is 0.295 e. The van der Waals surface area contributed by atoms with Gasteiger partial charge in [-0.25, -0.2) is 17.6 Å². The van der Waals surface area contributed by atoms with Crippen LogP contribution in [-0.4, -0.2) is 30.9 Å². The van der Waals surface area contributed by atoms with E-state index in [-0.39, 0.29) is 24.0 Å². The number of alkyl halides is 4. The molecule has 7 nitrogen and oxygen atoms in total. The summed E-state index contributed by atoms with van der Waals surface area (Å²) in [6.07, 6.45) is -0.0136. The molecule has 2 aromatic carbocycles. The highest BCUT2D eigenvalue weighted by Crippen LogP contribution is 2.67. The summed E-state index contributed by atoms with van der Waals surface area (Å²) in [4.78, 5) is 17.8. The number of fused-ring (bicyclic) bond motifs is 4. The van der Waals surface area contributed by atoms with Crippen LogP contribution in [0, 0.1) is 17.6 Å². The molecule has 220 valence electrons. The second-order valence-corrected chi connectivity index (χ2v) is 10.9. The molecule has 43 heavy (non-hydrogen) atoms. The Hall–Kier alpha value is -4.68. The van der Waals surface area contributed by atoms with E-state index in [2.05, 4.69) is 25.6 Å². The second kappa shape index (κ2) is 9.96. The van der Waals surface area contributed by atoms with Crippen LogP contribution in [0.15, 0.2) is 60.9 Å². The van der Waals surface area contributed by atoms with Crippen molar-refractivity contribution in [2.45, 2.75) is 43.7 Å². The van der Waals surface area contributed by atoms with Gasteiger partial charge in [-0.1, -0.05) is 12.1 Å². The Labute approximate surface area is 239 Å². The van der Waals surface area contributed by atoms with Gasteiger partial charge in [-0.2, -0.15) is 19.0 Å². The van der Waals surface area contributed by atoms with E-state index in [0.29, 0.717) is 27.6 Å². The molecule has 0 radical (unpaired) electrons. The van der Waals surface area contributed by atoms with Crippen LogP contribution < -0.4 is 5.32 Å². The lowest BCUT2D eigenvalue weighted by molar-refractivity contribution is -0.122. The molecule has 7 rings (SSSR count). The second-order valence-electron chi connectivity index (χ2n) is 10.9. The zero-order chi connectivity index (χ0) is 30.0. The minimum Gasteiger partial charge on any atom is -0.346 e. The summed E-state index contributed by atoms with van der Waals surface area (Å²) in [5.41, 5.74) is 1.08. The van der Waals surface area contributed by atoms with Gasteiger partial charge in [0, 0.05) is 34.7 Å². The molecule has 3 aromatic heterocycles. The molecule has 1 saturated carbocycles.